The summed E-state index contributed by atoms with van der Waals surface area (Å²) >= 11 is 1.47. The van der Waals surface area contributed by atoms with Gasteiger partial charge < -0.3 is 9.84 Å². The summed E-state index contributed by atoms with van der Waals surface area (Å²) in [4.78, 5) is 0.818. The summed E-state index contributed by atoms with van der Waals surface area (Å²) in [6, 6.07) is 13.6. The zero-order valence-electron chi connectivity index (χ0n) is 10.2. The Morgan fingerprint density at radius 3 is 2.89 bits per heavy atom. The number of nitriles is 1. The first kappa shape index (κ1) is 12.2. The van der Waals surface area contributed by atoms with E-state index in [0.717, 1.165) is 10.4 Å². The second-order valence-electron chi connectivity index (χ2n) is 4.60. The number of ether oxygens (including phenoxy) is 1. The minimum absolute atomic E-state index is 0.451. The molecular formula is C15H13NO2S. The van der Waals surface area contributed by atoms with Crippen LogP contribution in [0.25, 0.3) is 0 Å². The van der Waals surface area contributed by atoms with E-state index in [2.05, 4.69) is 6.07 Å². The van der Waals surface area contributed by atoms with E-state index in [1.54, 1.807) is 0 Å². The first-order valence-electron chi connectivity index (χ1n) is 6.13. The predicted molar refractivity (Wildman–Crippen MR) is 73.1 cm³/mol. The van der Waals surface area contributed by atoms with Crippen LogP contribution in [0.3, 0.4) is 0 Å². The molecule has 2 heterocycles. The molecule has 19 heavy (non-hydrogen) atoms. The van der Waals surface area contributed by atoms with Gasteiger partial charge in [0.1, 0.15) is 17.3 Å². The first-order chi connectivity index (χ1) is 9.28. The van der Waals surface area contributed by atoms with Gasteiger partial charge in [0.2, 0.25) is 0 Å². The Bertz CT molecular complexity index is 617. The lowest BCUT2D eigenvalue weighted by Gasteiger charge is -2.36. The molecule has 2 unspecified atom stereocenters. The van der Waals surface area contributed by atoms with Gasteiger partial charge in [0.15, 0.2) is 0 Å². The summed E-state index contributed by atoms with van der Waals surface area (Å²) in [6.07, 6.45) is -0.318. The number of hydrogen-bond acceptors (Lipinski definition) is 4. The van der Waals surface area contributed by atoms with Crippen LogP contribution in [0.2, 0.25) is 0 Å². The largest absolute Gasteiger partial charge is 0.493 e. The highest BCUT2D eigenvalue weighted by molar-refractivity contribution is 7.10. The maximum Gasteiger partial charge on any atom is 0.124 e. The SMILES string of the molecule is N#CC1(C(O)c2cccs2)CCOc2ccccc21. The summed E-state index contributed by atoms with van der Waals surface area (Å²) in [5.74, 6) is 0.700. The van der Waals surface area contributed by atoms with Crippen molar-refractivity contribution in [3.8, 4) is 11.8 Å². The second-order valence-corrected chi connectivity index (χ2v) is 5.58. The number of aliphatic hydroxyl groups excluding tert-OH is 1. The van der Waals surface area contributed by atoms with Crippen molar-refractivity contribution in [2.45, 2.75) is 17.9 Å². The third-order valence-corrected chi connectivity index (χ3v) is 4.53. The number of hydrogen-bond donors (Lipinski definition) is 1. The van der Waals surface area contributed by atoms with Crippen LogP contribution < -0.4 is 4.74 Å². The highest BCUT2D eigenvalue weighted by Gasteiger charge is 2.45. The second kappa shape index (κ2) is 4.69. The van der Waals surface area contributed by atoms with Gasteiger partial charge in [-0.05, 0) is 17.5 Å². The molecule has 1 aromatic heterocycles. The van der Waals surface area contributed by atoms with E-state index in [9.17, 15) is 10.4 Å². The fourth-order valence-corrected chi connectivity index (χ4v) is 3.37. The van der Waals surface area contributed by atoms with Crippen molar-refractivity contribution in [1.29, 1.82) is 5.26 Å². The first-order valence-corrected chi connectivity index (χ1v) is 7.01. The Morgan fingerprint density at radius 1 is 1.32 bits per heavy atom. The van der Waals surface area contributed by atoms with Gasteiger partial charge in [-0.25, -0.2) is 0 Å². The number of nitrogens with zero attached hydrogens (tertiary/aromatic N) is 1. The molecule has 1 aliphatic heterocycles. The molecule has 0 aliphatic carbocycles. The topological polar surface area (TPSA) is 53.2 Å². The van der Waals surface area contributed by atoms with Crippen LogP contribution in [-0.4, -0.2) is 11.7 Å². The Labute approximate surface area is 115 Å². The lowest BCUT2D eigenvalue weighted by atomic mass is 9.72. The molecule has 3 nitrogen and oxygen atoms in total. The van der Waals surface area contributed by atoms with Crippen LogP contribution in [-0.2, 0) is 5.41 Å². The van der Waals surface area contributed by atoms with Gasteiger partial charge in [0.25, 0.3) is 0 Å². The molecule has 0 spiro atoms. The maximum absolute atomic E-state index is 10.7. The van der Waals surface area contributed by atoms with E-state index in [-0.39, 0.29) is 0 Å². The molecular weight excluding hydrogens is 258 g/mol. The quantitative estimate of drug-likeness (QED) is 0.913. The maximum atomic E-state index is 10.7. The van der Waals surface area contributed by atoms with Gasteiger partial charge >= 0.3 is 0 Å². The van der Waals surface area contributed by atoms with E-state index >= 15 is 0 Å². The van der Waals surface area contributed by atoms with Gasteiger partial charge in [-0.1, -0.05) is 24.3 Å². The molecule has 0 amide bonds. The average Bonchev–Trinajstić information content (AvgIpc) is 3.00. The molecule has 1 aromatic carbocycles. The molecule has 0 fully saturated rings. The Kier molecular flexibility index (Phi) is 3.02. The third-order valence-electron chi connectivity index (χ3n) is 3.60. The molecule has 0 bridgehead atoms. The average molecular weight is 271 g/mol. The lowest BCUT2D eigenvalue weighted by Crippen LogP contribution is -2.37. The number of rotatable bonds is 2. The normalized spacial score (nSPS) is 22.9. The van der Waals surface area contributed by atoms with Gasteiger partial charge in [-0.2, -0.15) is 5.26 Å². The number of para-hydroxylation sites is 1. The minimum Gasteiger partial charge on any atom is -0.493 e. The lowest BCUT2D eigenvalue weighted by molar-refractivity contribution is 0.0834. The molecule has 2 atom stereocenters. The zero-order chi connectivity index (χ0) is 13.3. The highest BCUT2D eigenvalue weighted by atomic mass is 32.1. The Balaban J connectivity index is 2.13. The molecule has 4 heteroatoms. The summed E-state index contributed by atoms with van der Waals surface area (Å²) in [7, 11) is 0. The molecule has 1 N–H and O–H groups in total. The van der Waals surface area contributed by atoms with Crippen molar-refractivity contribution in [3.05, 3.63) is 52.2 Å². The number of fused-ring (bicyclic) bond motifs is 1. The fourth-order valence-electron chi connectivity index (χ4n) is 2.57. The molecule has 3 rings (SSSR count). The predicted octanol–water partition coefficient (Wildman–Crippen LogP) is 3.03. The summed E-state index contributed by atoms with van der Waals surface area (Å²) in [6.45, 7) is 0.451. The van der Waals surface area contributed by atoms with Gasteiger partial charge in [-0.3, -0.25) is 0 Å². The smallest absolute Gasteiger partial charge is 0.124 e. The van der Waals surface area contributed by atoms with Crippen LogP contribution in [0.5, 0.6) is 5.75 Å². The van der Waals surface area contributed by atoms with E-state index in [1.165, 1.54) is 11.3 Å². The van der Waals surface area contributed by atoms with E-state index in [4.69, 9.17) is 4.74 Å². The molecule has 0 saturated heterocycles. The molecule has 2 aromatic rings. The number of benzene rings is 1. The summed E-state index contributed by atoms with van der Waals surface area (Å²) in [5.41, 5.74) is -0.135. The van der Waals surface area contributed by atoms with E-state index in [0.29, 0.717) is 18.8 Å². The summed E-state index contributed by atoms with van der Waals surface area (Å²) in [5, 5.41) is 22.3. The third kappa shape index (κ3) is 1.83. The molecule has 0 radical (unpaired) electrons. The molecule has 96 valence electrons. The van der Waals surface area contributed by atoms with Gasteiger partial charge in [0.05, 0.1) is 12.7 Å². The van der Waals surface area contributed by atoms with Crippen LogP contribution in [0.15, 0.2) is 41.8 Å². The number of thiophene rings is 1. The van der Waals surface area contributed by atoms with Crippen molar-refractivity contribution >= 4 is 11.3 Å². The summed E-state index contributed by atoms with van der Waals surface area (Å²) < 4.78 is 5.59. The molecule has 1 aliphatic rings. The van der Waals surface area contributed by atoms with Crippen LogP contribution in [0.1, 0.15) is 23.0 Å². The monoisotopic (exact) mass is 271 g/mol. The van der Waals surface area contributed by atoms with E-state index in [1.807, 2.05) is 41.8 Å². The van der Waals surface area contributed by atoms with Crippen molar-refractivity contribution in [2.24, 2.45) is 0 Å². The number of aliphatic hydroxyl groups is 1. The van der Waals surface area contributed by atoms with Crippen molar-refractivity contribution in [2.75, 3.05) is 6.61 Å². The van der Waals surface area contributed by atoms with Gasteiger partial charge in [-0.15, -0.1) is 11.3 Å². The van der Waals surface area contributed by atoms with Gasteiger partial charge in [0, 0.05) is 16.9 Å². The zero-order valence-corrected chi connectivity index (χ0v) is 11.1. The highest BCUT2D eigenvalue weighted by Crippen LogP contribution is 2.47. The van der Waals surface area contributed by atoms with Crippen LogP contribution in [0.4, 0.5) is 0 Å². The van der Waals surface area contributed by atoms with Crippen LogP contribution >= 0.6 is 11.3 Å². The van der Waals surface area contributed by atoms with Crippen molar-refractivity contribution in [1.82, 2.24) is 0 Å². The fraction of sp³-hybridized carbons (Fsp3) is 0.267. The van der Waals surface area contributed by atoms with Crippen LogP contribution in [0, 0.1) is 11.3 Å². The Hall–Kier alpha value is -1.83. The Morgan fingerprint density at radius 2 is 2.16 bits per heavy atom. The van der Waals surface area contributed by atoms with Crippen molar-refractivity contribution in [3.63, 3.8) is 0 Å². The van der Waals surface area contributed by atoms with Crippen molar-refractivity contribution < 1.29 is 9.84 Å². The standard InChI is InChI=1S/C15H13NO2S/c16-10-15(14(17)13-6-3-9-19-13)7-8-18-12-5-2-1-4-11(12)15/h1-6,9,14,17H,7-8H2. The molecule has 0 saturated carbocycles. The van der Waals surface area contributed by atoms with E-state index < -0.39 is 11.5 Å². The minimum atomic E-state index is -0.917.